The summed E-state index contributed by atoms with van der Waals surface area (Å²) >= 11 is 0. The minimum absolute atomic E-state index is 0.0325. The van der Waals surface area contributed by atoms with Gasteiger partial charge < -0.3 is 19.7 Å². The number of nitrogens with one attached hydrogen (secondary N) is 2. The molecular formula is C19H20N4O4. The second-order valence-corrected chi connectivity index (χ2v) is 6.31. The van der Waals surface area contributed by atoms with Gasteiger partial charge in [0.25, 0.3) is 5.91 Å². The van der Waals surface area contributed by atoms with E-state index in [4.69, 9.17) is 4.52 Å². The number of carbonyl (C=O) groups is 2. The number of rotatable bonds is 5. The zero-order valence-corrected chi connectivity index (χ0v) is 15.3. The smallest absolute Gasteiger partial charge is 0.257 e. The highest BCUT2D eigenvalue weighted by Crippen LogP contribution is 2.14. The molecule has 0 aliphatic heterocycles. The van der Waals surface area contributed by atoms with Crippen LogP contribution in [0.2, 0.25) is 0 Å². The van der Waals surface area contributed by atoms with Gasteiger partial charge in [0.15, 0.2) is 0 Å². The van der Waals surface area contributed by atoms with Gasteiger partial charge in [-0.3, -0.25) is 14.4 Å². The number of carbonyl (C=O) groups excluding carboxylic acids is 2. The molecule has 0 unspecified atom stereocenters. The number of benzene rings is 1. The van der Waals surface area contributed by atoms with E-state index in [9.17, 15) is 14.4 Å². The fraction of sp³-hybridized carbons (Fsp3) is 0.263. The van der Waals surface area contributed by atoms with Gasteiger partial charge in [-0.1, -0.05) is 17.3 Å². The lowest BCUT2D eigenvalue weighted by Crippen LogP contribution is -2.39. The van der Waals surface area contributed by atoms with E-state index in [0.29, 0.717) is 23.2 Å². The van der Waals surface area contributed by atoms with Gasteiger partial charge in [0, 0.05) is 29.7 Å². The van der Waals surface area contributed by atoms with Crippen molar-refractivity contribution in [3.05, 3.63) is 63.3 Å². The van der Waals surface area contributed by atoms with Gasteiger partial charge in [0.2, 0.25) is 11.3 Å². The first-order valence-corrected chi connectivity index (χ1v) is 8.43. The van der Waals surface area contributed by atoms with E-state index in [1.165, 1.54) is 11.1 Å². The van der Waals surface area contributed by atoms with E-state index >= 15 is 0 Å². The molecule has 0 saturated heterocycles. The number of fused-ring (bicyclic) bond motifs is 1. The molecule has 2 heterocycles. The molecule has 8 heteroatoms. The molecule has 1 aromatic carbocycles. The molecular weight excluding hydrogens is 348 g/mol. The van der Waals surface area contributed by atoms with Crippen LogP contribution in [0.4, 0.5) is 0 Å². The van der Waals surface area contributed by atoms with E-state index < -0.39 is 5.91 Å². The highest BCUT2D eigenvalue weighted by molar-refractivity contribution is 5.98. The average Bonchev–Trinajstić information content (AvgIpc) is 2.98. The second kappa shape index (κ2) is 7.45. The standard InChI is InChI=1S/C19H20N4O4/c1-11-15(12(2)27-22-11)10-23(3)17(24)9-21-19(26)14-8-20-16-7-5-4-6-13(16)18(14)25/h4-8H,9-10H2,1-3H3,(H,20,25)(H,21,26). The zero-order valence-electron chi connectivity index (χ0n) is 15.3. The van der Waals surface area contributed by atoms with Crippen molar-refractivity contribution < 1.29 is 14.1 Å². The molecule has 0 saturated carbocycles. The minimum Gasteiger partial charge on any atom is -0.361 e. The van der Waals surface area contributed by atoms with E-state index in [1.54, 1.807) is 45.2 Å². The summed E-state index contributed by atoms with van der Waals surface area (Å²) in [7, 11) is 1.63. The molecule has 2 amide bonds. The summed E-state index contributed by atoms with van der Waals surface area (Å²) < 4.78 is 5.08. The number of H-pyrrole nitrogens is 1. The minimum atomic E-state index is -0.596. The van der Waals surface area contributed by atoms with Gasteiger partial charge in [-0.15, -0.1) is 0 Å². The Labute approximate surface area is 155 Å². The van der Waals surface area contributed by atoms with Gasteiger partial charge in [0.1, 0.15) is 11.3 Å². The number of aryl methyl sites for hydroxylation is 2. The van der Waals surface area contributed by atoms with E-state index in [2.05, 4.69) is 15.5 Å². The van der Waals surface area contributed by atoms with Gasteiger partial charge in [-0.05, 0) is 26.0 Å². The largest absolute Gasteiger partial charge is 0.361 e. The first-order chi connectivity index (χ1) is 12.9. The Bertz CT molecular complexity index is 1050. The molecule has 3 aromatic rings. The van der Waals surface area contributed by atoms with Crippen LogP contribution in [-0.2, 0) is 11.3 Å². The van der Waals surface area contributed by atoms with Crippen molar-refractivity contribution in [3.8, 4) is 0 Å². The molecule has 0 radical (unpaired) electrons. The lowest BCUT2D eigenvalue weighted by atomic mass is 10.1. The molecule has 0 aliphatic rings. The van der Waals surface area contributed by atoms with Crippen LogP contribution in [0.5, 0.6) is 0 Å². The third-order valence-corrected chi connectivity index (χ3v) is 4.44. The number of nitrogens with zero attached hydrogens (tertiary/aromatic N) is 2. The van der Waals surface area contributed by atoms with Crippen molar-refractivity contribution in [2.75, 3.05) is 13.6 Å². The average molecular weight is 368 g/mol. The van der Waals surface area contributed by atoms with Gasteiger partial charge in [-0.2, -0.15) is 0 Å². The van der Waals surface area contributed by atoms with Crippen molar-refractivity contribution in [1.82, 2.24) is 20.4 Å². The maximum Gasteiger partial charge on any atom is 0.257 e. The summed E-state index contributed by atoms with van der Waals surface area (Å²) in [5.74, 6) is -0.236. The summed E-state index contributed by atoms with van der Waals surface area (Å²) in [5, 5.41) is 6.78. The SMILES string of the molecule is Cc1noc(C)c1CN(C)C(=O)CNC(=O)c1c[nH]c2ccccc2c1=O. The summed E-state index contributed by atoms with van der Waals surface area (Å²) in [6.45, 7) is 3.69. The van der Waals surface area contributed by atoms with Gasteiger partial charge in [0.05, 0.1) is 18.8 Å². The van der Waals surface area contributed by atoms with Crippen LogP contribution < -0.4 is 10.7 Å². The molecule has 0 aliphatic carbocycles. The molecule has 0 bridgehead atoms. The molecule has 0 fully saturated rings. The third-order valence-electron chi connectivity index (χ3n) is 4.44. The fourth-order valence-corrected chi connectivity index (χ4v) is 2.78. The topological polar surface area (TPSA) is 108 Å². The third kappa shape index (κ3) is 3.74. The Morgan fingerprint density at radius 1 is 1.26 bits per heavy atom. The lowest BCUT2D eigenvalue weighted by Gasteiger charge is -2.17. The summed E-state index contributed by atoms with van der Waals surface area (Å²) in [6, 6.07) is 6.93. The van der Waals surface area contributed by atoms with Crippen LogP contribution in [0.25, 0.3) is 10.9 Å². The Morgan fingerprint density at radius 3 is 2.70 bits per heavy atom. The van der Waals surface area contributed by atoms with Crippen LogP contribution in [0, 0.1) is 13.8 Å². The number of pyridine rings is 1. The monoisotopic (exact) mass is 368 g/mol. The normalized spacial score (nSPS) is 10.8. The lowest BCUT2D eigenvalue weighted by molar-refractivity contribution is -0.129. The highest BCUT2D eigenvalue weighted by atomic mass is 16.5. The van der Waals surface area contributed by atoms with Gasteiger partial charge >= 0.3 is 0 Å². The van der Waals surface area contributed by atoms with Crippen LogP contribution in [0.15, 0.2) is 39.8 Å². The highest BCUT2D eigenvalue weighted by Gasteiger charge is 2.18. The van der Waals surface area contributed by atoms with Crippen LogP contribution in [-0.4, -0.2) is 40.4 Å². The van der Waals surface area contributed by atoms with Gasteiger partial charge in [-0.25, -0.2) is 0 Å². The van der Waals surface area contributed by atoms with Crippen molar-refractivity contribution in [3.63, 3.8) is 0 Å². The second-order valence-electron chi connectivity index (χ2n) is 6.31. The summed E-state index contributed by atoms with van der Waals surface area (Å²) in [4.78, 5) is 41.5. The number of hydrogen-bond acceptors (Lipinski definition) is 5. The van der Waals surface area contributed by atoms with E-state index in [0.717, 1.165) is 11.3 Å². The Balaban J connectivity index is 1.66. The number of aromatic nitrogens is 2. The number of aromatic amines is 1. The number of amides is 2. The Hall–Kier alpha value is -3.42. The fourth-order valence-electron chi connectivity index (χ4n) is 2.78. The molecule has 3 rings (SSSR count). The Kier molecular flexibility index (Phi) is 5.07. The number of hydrogen-bond donors (Lipinski definition) is 2. The maximum absolute atomic E-state index is 12.4. The van der Waals surface area contributed by atoms with Crippen LogP contribution in [0.1, 0.15) is 27.4 Å². The Morgan fingerprint density at radius 2 is 2.00 bits per heavy atom. The summed E-state index contributed by atoms with van der Waals surface area (Å²) in [5.41, 5.74) is 1.80. The predicted octanol–water partition coefficient (Wildman–Crippen LogP) is 1.52. The first-order valence-electron chi connectivity index (χ1n) is 8.43. The molecule has 2 aromatic heterocycles. The van der Waals surface area contributed by atoms with Crippen LogP contribution in [0.3, 0.4) is 0 Å². The van der Waals surface area contributed by atoms with Crippen molar-refractivity contribution in [2.45, 2.75) is 20.4 Å². The maximum atomic E-state index is 12.4. The molecule has 140 valence electrons. The number of likely N-dealkylation sites (N-methyl/N-ethyl adjacent to an activating group) is 1. The predicted molar refractivity (Wildman–Crippen MR) is 99.4 cm³/mol. The van der Waals surface area contributed by atoms with E-state index in [1.807, 2.05) is 0 Å². The van der Waals surface area contributed by atoms with Crippen LogP contribution >= 0.6 is 0 Å². The molecule has 8 nitrogen and oxygen atoms in total. The van der Waals surface area contributed by atoms with Crippen molar-refractivity contribution >= 4 is 22.7 Å². The quantitative estimate of drug-likeness (QED) is 0.710. The van der Waals surface area contributed by atoms with Crippen molar-refractivity contribution in [2.24, 2.45) is 0 Å². The number of para-hydroxylation sites is 1. The van der Waals surface area contributed by atoms with Crippen molar-refractivity contribution in [1.29, 1.82) is 0 Å². The first kappa shape index (κ1) is 18.4. The van der Waals surface area contributed by atoms with E-state index in [-0.39, 0.29) is 23.4 Å². The zero-order chi connectivity index (χ0) is 19.6. The molecule has 0 atom stereocenters. The molecule has 0 spiro atoms. The summed E-state index contributed by atoms with van der Waals surface area (Å²) in [6.07, 6.45) is 1.36. The molecule has 2 N–H and O–H groups in total. The molecule has 27 heavy (non-hydrogen) atoms.